The van der Waals surface area contributed by atoms with E-state index in [1.165, 1.54) is 10.9 Å². The number of imidazole rings is 1. The molecule has 2 aliphatic heterocycles. The molecule has 2 aromatic heterocycles. The van der Waals surface area contributed by atoms with Crippen LogP contribution in [0.1, 0.15) is 6.23 Å². The summed E-state index contributed by atoms with van der Waals surface area (Å²) in [4.78, 5) is 21.8. The standard InChI is InChI=1S/C16H24BN5O14P2/c17-37(29,36-38(30,31)35-16-12(28)10(26)8(24)5(1-23)34-16)32-2-6-9(25)11(27)15(33-6)22-4-21-7-13(18)19-3-20-14(7)22/h3-6,8-12,15-16,23-28H,1-2H2,(H,30,31)(H2,18,19,20)/q-1/t5?,6-,8-,9?,10+,11+,12?,15-,16+,37+/m1/s1. The van der Waals surface area contributed by atoms with Gasteiger partial charge in [0.05, 0.1) is 27.0 Å². The highest BCUT2D eigenvalue weighted by molar-refractivity contribution is 7.83. The van der Waals surface area contributed by atoms with Gasteiger partial charge in [0.15, 0.2) is 24.0 Å². The van der Waals surface area contributed by atoms with Crippen LogP contribution in [0.4, 0.5) is 5.82 Å². The molecule has 38 heavy (non-hydrogen) atoms. The molecular formula is C16H24BN5O14P2-. The Labute approximate surface area is 214 Å². The number of aliphatic hydroxyl groups excluding tert-OH is 6. The zero-order valence-electron chi connectivity index (χ0n) is 19.1. The van der Waals surface area contributed by atoms with Crippen LogP contribution in [0.25, 0.3) is 11.2 Å². The smallest absolute Gasteiger partial charge is 0.443 e. The molecule has 2 aliphatic rings. The van der Waals surface area contributed by atoms with Gasteiger partial charge < -0.3 is 67.4 Å². The van der Waals surface area contributed by atoms with E-state index in [1.807, 2.05) is 0 Å². The fraction of sp³-hybridized carbons (Fsp3) is 0.688. The summed E-state index contributed by atoms with van der Waals surface area (Å²) in [5.41, 5.74) is 6.11. The van der Waals surface area contributed by atoms with Gasteiger partial charge in [-0.15, -0.1) is 0 Å². The molecule has 3 radical (unpaired) electrons. The van der Waals surface area contributed by atoms with Gasteiger partial charge in [0.25, 0.3) is 0 Å². The van der Waals surface area contributed by atoms with E-state index in [0.29, 0.717) is 0 Å². The molecule has 4 rings (SSSR count). The number of aliphatic hydroxyl groups is 6. The molecule has 2 saturated heterocycles. The van der Waals surface area contributed by atoms with Crippen molar-refractivity contribution >= 4 is 39.8 Å². The number of anilines is 1. The molecule has 0 bridgehead atoms. The Kier molecular flexibility index (Phi) is 8.59. The van der Waals surface area contributed by atoms with E-state index in [0.717, 1.165) is 6.33 Å². The van der Waals surface area contributed by atoms with Crippen LogP contribution in [-0.4, -0.2) is 125 Å². The third-order valence-electron chi connectivity index (χ3n) is 5.72. The lowest BCUT2D eigenvalue weighted by Gasteiger charge is -2.40. The molecule has 19 nitrogen and oxygen atoms in total. The first-order valence-corrected chi connectivity index (χ1v) is 13.9. The molecule has 9 N–H and O–H groups in total. The highest BCUT2D eigenvalue weighted by Gasteiger charge is 2.48. The number of nitrogens with zero attached hydrogens (tertiary/aromatic N) is 4. The second-order valence-corrected chi connectivity index (χ2v) is 11.5. The fourth-order valence-electron chi connectivity index (χ4n) is 3.80. The molecule has 0 spiro atoms. The first-order chi connectivity index (χ1) is 17.7. The zero-order valence-corrected chi connectivity index (χ0v) is 20.9. The molecule has 4 unspecified atom stereocenters. The Balaban J connectivity index is 1.38. The van der Waals surface area contributed by atoms with Crippen LogP contribution in [0.2, 0.25) is 0 Å². The molecular weight excluding hydrogens is 559 g/mol. The van der Waals surface area contributed by atoms with Crippen molar-refractivity contribution in [2.24, 2.45) is 0 Å². The molecule has 2 fully saturated rings. The number of aromatic nitrogens is 4. The number of rotatable bonds is 9. The lowest BCUT2D eigenvalue weighted by Crippen LogP contribution is -2.58. The highest BCUT2D eigenvalue weighted by Crippen LogP contribution is 2.61. The van der Waals surface area contributed by atoms with Gasteiger partial charge in [0, 0.05) is 0 Å². The number of phosphoric ester groups is 1. The quantitative estimate of drug-likeness (QED) is 0.104. The Bertz CT molecular complexity index is 1240. The van der Waals surface area contributed by atoms with Gasteiger partial charge in [0.2, 0.25) is 0 Å². The van der Waals surface area contributed by atoms with E-state index in [9.17, 15) is 44.7 Å². The molecule has 2 aromatic rings. The fourth-order valence-corrected chi connectivity index (χ4v) is 6.09. The first-order valence-electron chi connectivity index (χ1n) is 10.8. The van der Waals surface area contributed by atoms with Gasteiger partial charge in [-0.25, -0.2) is 23.8 Å². The summed E-state index contributed by atoms with van der Waals surface area (Å²) >= 11 is 0. The highest BCUT2D eigenvalue weighted by atomic mass is 31.3. The molecule has 0 aromatic carbocycles. The van der Waals surface area contributed by atoms with Crippen LogP contribution >= 0.6 is 15.3 Å². The van der Waals surface area contributed by atoms with Crippen LogP contribution in [0.5, 0.6) is 0 Å². The Hall–Kier alpha value is -1.61. The average Bonchev–Trinajstić information content (AvgIpc) is 3.39. The lowest BCUT2D eigenvalue weighted by molar-refractivity contribution is -0.280. The van der Waals surface area contributed by atoms with Crippen molar-refractivity contribution in [3.05, 3.63) is 12.7 Å². The van der Waals surface area contributed by atoms with Crippen LogP contribution < -0.4 is 5.73 Å². The molecule has 0 saturated carbocycles. The number of nitrogens with two attached hydrogens (primary N) is 1. The van der Waals surface area contributed by atoms with E-state index in [1.54, 1.807) is 0 Å². The van der Waals surface area contributed by atoms with E-state index in [4.69, 9.17) is 27.3 Å². The second-order valence-electron chi connectivity index (χ2n) is 8.32. The molecule has 0 aliphatic carbocycles. The molecule has 22 heteroatoms. The van der Waals surface area contributed by atoms with Crippen LogP contribution in [0.3, 0.4) is 0 Å². The molecule has 0 amide bonds. The molecule has 4 heterocycles. The van der Waals surface area contributed by atoms with Gasteiger partial charge in [-0.05, 0) is 0 Å². The normalized spacial score (nSPS) is 37.2. The summed E-state index contributed by atoms with van der Waals surface area (Å²) in [5.74, 6) is 0.0576. The summed E-state index contributed by atoms with van der Waals surface area (Å²) in [7, 11) is -5.04. The minimum atomic E-state index is -5.44. The summed E-state index contributed by atoms with van der Waals surface area (Å²) in [6, 6.07) is 0. The van der Waals surface area contributed by atoms with E-state index in [2.05, 4.69) is 23.8 Å². The monoisotopic (exact) mass is 583 g/mol. The molecule has 11 atom stereocenters. The topological polar surface area (TPSA) is 292 Å². The summed E-state index contributed by atoms with van der Waals surface area (Å²) in [5, 5.41) is 59.4. The van der Waals surface area contributed by atoms with E-state index < -0.39 is 83.8 Å². The van der Waals surface area contributed by atoms with Gasteiger partial charge in [-0.3, -0.25) is 9.09 Å². The number of nitrogen functional groups attached to an aromatic ring is 1. The number of ether oxygens (including phenoxy) is 2. The predicted molar refractivity (Wildman–Crippen MR) is 121 cm³/mol. The van der Waals surface area contributed by atoms with Crippen LogP contribution in [-0.2, 0) is 32.0 Å². The van der Waals surface area contributed by atoms with Crippen molar-refractivity contribution in [1.82, 2.24) is 19.5 Å². The maximum Gasteiger partial charge on any atom is 0.479 e. The number of phosphoric acid groups is 1. The third kappa shape index (κ3) is 5.93. The summed E-state index contributed by atoms with van der Waals surface area (Å²) < 4.78 is 50.3. The van der Waals surface area contributed by atoms with Gasteiger partial charge >= 0.3 is 7.82 Å². The minimum absolute atomic E-state index is 0.0576. The maximum atomic E-state index is 12.5. The van der Waals surface area contributed by atoms with Crippen molar-refractivity contribution in [2.45, 2.75) is 55.2 Å². The van der Waals surface area contributed by atoms with Crippen molar-refractivity contribution in [2.75, 3.05) is 18.9 Å². The number of hydrogen-bond acceptors (Lipinski definition) is 17. The Morgan fingerprint density at radius 2 is 1.68 bits per heavy atom. The van der Waals surface area contributed by atoms with E-state index in [-0.39, 0.29) is 17.0 Å². The maximum absolute atomic E-state index is 12.5. The van der Waals surface area contributed by atoms with Crippen molar-refractivity contribution in [3.8, 4) is 0 Å². The van der Waals surface area contributed by atoms with Crippen LogP contribution in [0, 0.1) is 0 Å². The van der Waals surface area contributed by atoms with Crippen molar-refractivity contribution in [1.29, 1.82) is 0 Å². The van der Waals surface area contributed by atoms with E-state index >= 15 is 0 Å². The predicted octanol–water partition coefficient (Wildman–Crippen LogP) is -3.75. The Morgan fingerprint density at radius 3 is 2.37 bits per heavy atom. The second kappa shape index (κ2) is 11.1. The lowest BCUT2D eigenvalue weighted by atomic mass is 10.00. The van der Waals surface area contributed by atoms with Crippen molar-refractivity contribution in [3.63, 3.8) is 0 Å². The first kappa shape index (κ1) is 29.4. The van der Waals surface area contributed by atoms with Crippen LogP contribution in [0.15, 0.2) is 12.7 Å². The van der Waals surface area contributed by atoms with Gasteiger partial charge in [-0.1, -0.05) is 0 Å². The molecule has 211 valence electrons. The third-order valence-corrected chi connectivity index (χ3v) is 8.44. The summed E-state index contributed by atoms with van der Waals surface area (Å²) in [6.07, 6.45) is -12.8. The Morgan fingerprint density at radius 1 is 1.00 bits per heavy atom. The largest absolute Gasteiger partial charge is 0.479 e. The van der Waals surface area contributed by atoms with Gasteiger partial charge in [-0.2, -0.15) is 0 Å². The average molecular weight is 583 g/mol. The zero-order chi connectivity index (χ0) is 28.0. The SMILES string of the molecule is [B-][P@](=O)(OC[C@H]1O[C@@H](n2cnc3c(N)ncnc32)[C@@H](O)C1O)OP(=O)(O)O[C@@H]1OC(CO)[C@@H](O)[C@H](O)C1O. The van der Waals surface area contributed by atoms with Crippen molar-refractivity contribution < 1.29 is 67.5 Å². The summed E-state index contributed by atoms with van der Waals surface area (Å²) in [6.45, 7) is -1.67. The number of fused-ring (bicyclic) bond motifs is 1. The minimum Gasteiger partial charge on any atom is -0.443 e. The number of hydrogen-bond donors (Lipinski definition) is 8. The van der Waals surface area contributed by atoms with Gasteiger partial charge in [0.1, 0.15) is 54.6 Å².